The van der Waals surface area contributed by atoms with Crippen molar-refractivity contribution in [3.8, 4) is 5.75 Å². The lowest BCUT2D eigenvalue weighted by Crippen LogP contribution is -2.15. The summed E-state index contributed by atoms with van der Waals surface area (Å²) in [6.45, 7) is 4.96. The van der Waals surface area contributed by atoms with Gasteiger partial charge in [0.2, 0.25) is 0 Å². The van der Waals surface area contributed by atoms with Gasteiger partial charge in [-0.05, 0) is 44.4 Å². The number of benzene rings is 1. The molecule has 1 aromatic rings. The Bertz CT molecular complexity index is 282. The van der Waals surface area contributed by atoms with Crippen molar-refractivity contribution in [2.24, 2.45) is 5.73 Å². The van der Waals surface area contributed by atoms with Crippen molar-refractivity contribution in [2.75, 3.05) is 13.4 Å². The predicted molar refractivity (Wildman–Crippen MR) is 65.5 cm³/mol. The summed E-state index contributed by atoms with van der Waals surface area (Å²) in [5, 5.41) is 0. The fourth-order valence-corrected chi connectivity index (χ4v) is 1.34. The van der Waals surface area contributed by atoms with Crippen molar-refractivity contribution in [3.63, 3.8) is 0 Å². The first kappa shape index (κ1) is 13.0. The molecule has 0 saturated heterocycles. The summed E-state index contributed by atoms with van der Waals surface area (Å²) in [4.78, 5) is 0. The second kappa shape index (κ2) is 7.25. The van der Waals surface area contributed by atoms with Crippen molar-refractivity contribution in [1.82, 2.24) is 0 Å². The number of nitrogens with two attached hydrogens (primary N) is 1. The first-order chi connectivity index (χ1) is 7.72. The van der Waals surface area contributed by atoms with Gasteiger partial charge in [-0.3, -0.25) is 0 Å². The van der Waals surface area contributed by atoms with Crippen molar-refractivity contribution in [3.05, 3.63) is 29.8 Å². The van der Waals surface area contributed by atoms with Gasteiger partial charge in [-0.1, -0.05) is 12.1 Å². The summed E-state index contributed by atoms with van der Waals surface area (Å²) < 4.78 is 10.5. The van der Waals surface area contributed by atoms with Gasteiger partial charge in [-0.15, -0.1) is 0 Å². The maximum absolute atomic E-state index is 5.71. The van der Waals surface area contributed by atoms with E-state index in [1.807, 2.05) is 26.0 Å². The van der Waals surface area contributed by atoms with Crippen LogP contribution in [0.1, 0.15) is 25.8 Å². The fourth-order valence-electron chi connectivity index (χ4n) is 1.34. The van der Waals surface area contributed by atoms with E-state index in [9.17, 15) is 0 Å². The maximum atomic E-state index is 5.71. The van der Waals surface area contributed by atoms with Crippen LogP contribution in [0, 0.1) is 0 Å². The largest absolute Gasteiger partial charge is 0.468 e. The molecule has 0 aliphatic carbocycles. The zero-order valence-electron chi connectivity index (χ0n) is 10.1. The van der Waals surface area contributed by atoms with Gasteiger partial charge >= 0.3 is 0 Å². The number of ether oxygens (including phenoxy) is 2. The molecule has 0 heterocycles. The predicted octanol–water partition coefficient (Wildman–Crippen LogP) is 2.34. The van der Waals surface area contributed by atoms with E-state index in [0.717, 1.165) is 18.6 Å². The molecule has 0 bridgehead atoms. The van der Waals surface area contributed by atoms with Crippen LogP contribution in [0.15, 0.2) is 24.3 Å². The van der Waals surface area contributed by atoms with Gasteiger partial charge in [0.05, 0.1) is 0 Å². The third-order valence-electron chi connectivity index (χ3n) is 2.32. The van der Waals surface area contributed by atoms with Crippen molar-refractivity contribution in [1.29, 1.82) is 0 Å². The van der Waals surface area contributed by atoms with E-state index in [1.54, 1.807) is 0 Å². The number of hydrogen-bond acceptors (Lipinski definition) is 3. The van der Waals surface area contributed by atoms with Crippen molar-refractivity contribution in [2.45, 2.75) is 32.7 Å². The van der Waals surface area contributed by atoms with Crippen molar-refractivity contribution >= 4 is 0 Å². The minimum atomic E-state index is 0.258. The highest BCUT2D eigenvalue weighted by molar-refractivity contribution is 5.27. The van der Waals surface area contributed by atoms with Crippen LogP contribution in [0.2, 0.25) is 0 Å². The number of aryl methyl sites for hydroxylation is 1. The summed E-state index contributed by atoms with van der Waals surface area (Å²) in [6, 6.07) is 8.34. The molecule has 0 spiro atoms. The average molecular weight is 223 g/mol. The lowest BCUT2D eigenvalue weighted by molar-refractivity contribution is 0.0224. The summed E-state index contributed by atoms with van der Waals surface area (Å²) in [6.07, 6.45) is 2.03. The summed E-state index contributed by atoms with van der Waals surface area (Å²) in [5.74, 6) is 0.845. The monoisotopic (exact) mass is 223 g/mol. The molecule has 3 heteroatoms. The van der Waals surface area contributed by atoms with E-state index >= 15 is 0 Å². The number of hydrogen-bond donors (Lipinski definition) is 1. The average Bonchev–Trinajstić information content (AvgIpc) is 2.28. The maximum Gasteiger partial charge on any atom is 0.189 e. The van der Waals surface area contributed by atoms with E-state index < -0.39 is 0 Å². The fraction of sp³-hybridized carbons (Fsp3) is 0.538. The topological polar surface area (TPSA) is 44.5 Å². The van der Waals surface area contributed by atoms with Crippen LogP contribution in [0.5, 0.6) is 5.75 Å². The van der Waals surface area contributed by atoms with E-state index in [1.165, 1.54) is 5.56 Å². The Hall–Kier alpha value is -1.06. The van der Waals surface area contributed by atoms with Crippen LogP contribution in [0.4, 0.5) is 0 Å². The molecule has 0 fully saturated rings. The van der Waals surface area contributed by atoms with Gasteiger partial charge in [-0.25, -0.2) is 0 Å². The second-order valence-corrected chi connectivity index (χ2v) is 3.91. The Balaban J connectivity index is 2.35. The van der Waals surface area contributed by atoms with Crippen molar-refractivity contribution < 1.29 is 9.47 Å². The molecule has 0 saturated carbocycles. The molecule has 1 aromatic carbocycles. The van der Waals surface area contributed by atoms with Crippen LogP contribution in [-0.4, -0.2) is 19.4 Å². The number of rotatable bonds is 7. The normalized spacial score (nSPS) is 12.4. The van der Waals surface area contributed by atoms with E-state index in [4.69, 9.17) is 15.2 Å². The molecule has 0 aliphatic heterocycles. The van der Waals surface area contributed by atoms with Crippen LogP contribution in [-0.2, 0) is 11.2 Å². The molecule has 2 N–H and O–H groups in total. The zero-order valence-corrected chi connectivity index (χ0v) is 10.1. The molecule has 3 nitrogen and oxygen atoms in total. The Labute approximate surface area is 97.6 Å². The molecule has 1 unspecified atom stereocenters. The smallest absolute Gasteiger partial charge is 0.189 e. The van der Waals surface area contributed by atoms with Gasteiger partial charge < -0.3 is 15.2 Å². The molecular weight excluding hydrogens is 202 g/mol. The summed E-state index contributed by atoms with van der Waals surface area (Å²) in [5.41, 5.74) is 7.00. The third-order valence-corrected chi connectivity index (χ3v) is 2.32. The van der Waals surface area contributed by atoms with Crippen LogP contribution in [0.25, 0.3) is 0 Å². The van der Waals surface area contributed by atoms with Crippen LogP contribution < -0.4 is 10.5 Å². The highest BCUT2D eigenvalue weighted by Crippen LogP contribution is 2.13. The summed E-state index contributed by atoms with van der Waals surface area (Å²) in [7, 11) is 0. The minimum absolute atomic E-state index is 0.258. The van der Waals surface area contributed by atoms with Gasteiger partial charge in [0, 0.05) is 12.6 Å². The van der Waals surface area contributed by atoms with Crippen LogP contribution >= 0.6 is 0 Å². The lowest BCUT2D eigenvalue weighted by atomic mass is 10.1. The second-order valence-electron chi connectivity index (χ2n) is 3.91. The molecule has 16 heavy (non-hydrogen) atoms. The zero-order chi connectivity index (χ0) is 11.8. The van der Waals surface area contributed by atoms with Gasteiger partial charge in [-0.2, -0.15) is 0 Å². The SMILES string of the molecule is CCOCOc1ccc(CCC(C)N)cc1. The van der Waals surface area contributed by atoms with E-state index in [2.05, 4.69) is 12.1 Å². The molecule has 0 aliphatic rings. The molecular formula is C13H21NO2. The van der Waals surface area contributed by atoms with Crippen LogP contribution in [0.3, 0.4) is 0 Å². The quantitative estimate of drug-likeness (QED) is 0.570. The van der Waals surface area contributed by atoms with E-state index in [-0.39, 0.29) is 6.04 Å². The Morgan fingerprint density at radius 2 is 1.94 bits per heavy atom. The summed E-state index contributed by atoms with van der Waals surface area (Å²) >= 11 is 0. The molecule has 0 radical (unpaired) electrons. The first-order valence-corrected chi connectivity index (χ1v) is 5.77. The Kier molecular flexibility index (Phi) is 5.90. The highest BCUT2D eigenvalue weighted by Gasteiger charge is 1.98. The molecule has 90 valence electrons. The Morgan fingerprint density at radius 3 is 2.50 bits per heavy atom. The molecule has 1 atom stereocenters. The molecule has 1 rings (SSSR count). The van der Waals surface area contributed by atoms with E-state index in [0.29, 0.717) is 13.4 Å². The minimum Gasteiger partial charge on any atom is -0.468 e. The highest BCUT2D eigenvalue weighted by atomic mass is 16.7. The standard InChI is InChI=1S/C13H21NO2/c1-3-15-10-16-13-8-6-12(7-9-13)5-4-11(2)14/h6-9,11H,3-5,10,14H2,1-2H3. The van der Waals surface area contributed by atoms with Gasteiger partial charge in [0.25, 0.3) is 0 Å². The lowest BCUT2D eigenvalue weighted by Gasteiger charge is -2.08. The molecule has 0 aromatic heterocycles. The third kappa shape index (κ3) is 5.14. The van der Waals surface area contributed by atoms with Gasteiger partial charge in [0.1, 0.15) is 5.75 Å². The van der Waals surface area contributed by atoms with Gasteiger partial charge in [0.15, 0.2) is 6.79 Å². The first-order valence-electron chi connectivity index (χ1n) is 5.77. The Morgan fingerprint density at radius 1 is 1.25 bits per heavy atom. The molecule has 0 amide bonds.